The SMILES string of the molecule is CC1CCCCN1CCCNC(=O)c1cc(-c2cccn2C)nn1-c1ccc(F)cc1. The summed E-state index contributed by atoms with van der Waals surface area (Å²) in [5.41, 5.74) is 2.70. The summed E-state index contributed by atoms with van der Waals surface area (Å²) in [5, 5.41) is 7.69. The molecule has 1 N–H and O–H groups in total. The molecule has 1 amide bonds. The molecule has 6 nitrogen and oxygen atoms in total. The zero-order valence-electron chi connectivity index (χ0n) is 18.2. The van der Waals surface area contributed by atoms with Gasteiger partial charge in [0.05, 0.1) is 11.4 Å². The first kappa shape index (κ1) is 21.3. The summed E-state index contributed by atoms with van der Waals surface area (Å²) < 4.78 is 17.0. The molecule has 31 heavy (non-hydrogen) atoms. The van der Waals surface area contributed by atoms with Crippen molar-refractivity contribution in [2.24, 2.45) is 7.05 Å². The second-order valence-corrected chi connectivity index (χ2v) is 8.30. The second kappa shape index (κ2) is 9.47. The lowest BCUT2D eigenvalue weighted by Crippen LogP contribution is -2.39. The first-order valence-corrected chi connectivity index (χ1v) is 11.0. The van der Waals surface area contributed by atoms with Gasteiger partial charge >= 0.3 is 0 Å². The van der Waals surface area contributed by atoms with E-state index in [0.29, 0.717) is 29.7 Å². The van der Waals surface area contributed by atoms with Gasteiger partial charge in [-0.25, -0.2) is 9.07 Å². The maximum atomic E-state index is 13.4. The zero-order chi connectivity index (χ0) is 21.8. The van der Waals surface area contributed by atoms with Gasteiger partial charge in [0.2, 0.25) is 0 Å². The third-order valence-electron chi connectivity index (χ3n) is 6.07. The summed E-state index contributed by atoms with van der Waals surface area (Å²) in [5.74, 6) is -0.500. The van der Waals surface area contributed by atoms with Crippen LogP contribution >= 0.6 is 0 Å². The number of carbonyl (C=O) groups is 1. The van der Waals surface area contributed by atoms with Crippen LogP contribution in [0.25, 0.3) is 17.1 Å². The van der Waals surface area contributed by atoms with Gasteiger partial charge < -0.3 is 14.8 Å². The van der Waals surface area contributed by atoms with Gasteiger partial charge in [-0.2, -0.15) is 5.10 Å². The van der Waals surface area contributed by atoms with E-state index in [4.69, 9.17) is 0 Å². The molecule has 4 rings (SSSR count). The molecule has 2 aromatic heterocycles. The van der Waals surface area contributed by atoms with Crippen LogP contribution in [0.4, 0.5) is 4.39 Å². The van der Waals surface area contributed by atoms with Gasteiger partial charge in [0.1, 0.15) is 17.2 Å². The van der Waals surface area contributed by atoms with Crippen LogP contribution in [-0.2, 0) is 7.05 Å². The summed E-state index contributed by atoms with van der Waals surface area (Å²) >= 11 is 0. The van der Waals surface area contributed by atoms with Crippen molar-refractivity contribution in [2.45, 2.75) is 38.6 Å². The fourth-order valence-electron chi connectivity index (χ4n) is 4.24. The maximum Gasteiger partial charge on any atom is 0.270 e. The Morgan fingerprint density at radius 3 is 2.74 bits per heavy atom. The van der Waals surface area contributed by atoms with E-state index in [9.17, 15) is 9.18 Å². The smallest absolute Gasteiger partial charge is 0.270 e. The Kier molecular flexibility index (Phi) is 6.51. The number of benzene rings is 1. The van der Waals surface area contributed by atoms with Crippen LogP contribution in [0.1, 0.15) is 43.1 Å². The molecule has 0 spiro atoms. The van der Waals surface area contributed by atoms with Gasteiger partial charge in [-0.05, 0) is 75.2 Å². The molecule has 1 atom stereocenters. The number of nitrogens with zero attached hydrogens (tertiary/aromatic N) is 4. The van der Waals surface area contributed by atoms with E-state index in [2.05, 4.69) is 22.2 Å². The third kappa shape index (κ3) is 4.88. The van der Waals surface area contributed by atoms with Gasteiger partial charge in [-0.1, -0.05) is 6.42 Å². The Balaban J connectivity index is 1.49. The average Bonchev–Trinajstić information content (AvgIpc) is 3.39. The molecule has 1 saturated heterocycles. The van der Waals surface area contributed by atoms with Crippen molar-refractivity contribution in [3.05, 3.63) is 60.2 Å². The highest BCUT2D eigenvalue weighted by Crippen LogP contribution is 2.22. The Hall–Kier alpha value is -2.93. The van der Waals surface area contributed by atoms with Crippen LogP contribution in [0, 0.1) is 5.82 Å². The average molecular weight is 424 g/mol. The normalized spacial score (nSPS) is 17.1. The first-order valence-electron chi connectivity index (χ1n) is 11.0. The molecule has 0 saturated carbocycles. The summed E-state index contributed by atoms with van der Waals surface area (Å²) in [4.78, 5) is 15.5. The molecule has 1 aliphatic heterocycles. The number of hydrogen-bond donors (Lipinski definition) is 1. The summed E-state index contributed by atoms with van der Waals surface area (Å²) in [7, 11) is 1.94. The molecule has 3 aromatic rings. The Morgan fingerprint density at radius 1 is 1.23 bits per heavy atom. The third-order valence-corrected chi connectivity index (χ3v) is 6.07. The number of piperidine rings is 1. The van der Waals surface area contributed by atoms with Crippen LogP contribution in [0.5, 0.6) is 0 Å². The lowest BCUT2D eigenvalue weighted by molar-refractivity contribution is 0.0941. The number of likely N-dealkylation sites (tertiary alicyclic amines) is 1. The van der Waals surface area contributed by atoms with Crippen molar-refractivity contribution in [1.29, 1.82) is 0 Å². The molecule has 0 aliphatic carbocycles. The van der Waals surface area contributed by atoms with Gasteiger partial charge in [-0.15, -0.1) is 0 Å². The predicted octanol–water partition coefficient (Wildman–Crippen LogP) is 4.01. The van der Waals surface area contributed by atoms with Crippen LogP contribution in [0.3, 0.4) is 0 Å². The van der Waals surface area contributed by atoms with Crippen molar-refractivity contribution in [3.8, 4) is 17.1 Å². The van der Waals surface area contributed by atoms with E-state index in [1.807, 2.05) is 29.9 Å². The highest BCUT2D eigenvalue weighted by atomic mass is 19.1. The fraction of sp³-hybridized carbons (Fsp3) is 0.417. The molecule has 1 unspecified atom stereocenters. The standard InChI is InChI=1S/C24H30FN5O/c1-18-7-3-4-15-29(18)16-6-13-26-24(31)23-17-21(22-8-5-14-28(22)2)27-30(23)20-11-9-19(25)10-12-20/h5,8-12,14,17-18H,3-4,6-7,13,15-16H2,1-2H3,(H,26,31). The molecular weight excluding hydrogens is 393 g/mol. The van der Waals surface area contributed by atoms with E-state index in [1.165, 1.54) is 31.4 Å². The van der Waals surface area contributed by atoms with Crippen molar-refractivity contribution >= 4 is 5.91 Å². The lowest BCUT2D eigenvalue weighted by Gasteiger charge is -2.33. The summed E-state index contributed by atoms with van der Waals surface area (Å²) in [6, 6.07) is 12.3. The molecule has 7 heteroatoms. The largest absolute Gasteiger partial charge is 0.351 e. The first-order chi connectivity index (χ1) is 15.0. The number of nitrogens with one attached hydrogen (secondary N) is 1. The molecule has 1 aromatic carbocycles. The van der Waals surface area contributed by atoms with E-state index < -0.39 is 0 Å². The number of aryl methyl sites for hydroxylation is 1. The van der Waals surface area contributed by atoms with Crippen molar-refractivity contribution < 1.29 is 9.18 Å². The quantitative estimate of drug-likeness (QED) is 0.584. The molecule has 164 valence electrons. The minimum absolute atomic E-state index is 0.177. The van der Waals surface area contributed by atoms with E-state index >= 15 is 0 Å². The lowest BCUT2D eigenvalue weighted by atomic mass is 10.0. The van der Waals surface area contributed by atoms with Crippen LogP contribution in [-0.4, -0.2) is 50.8 Å². The number of hydrogen-bond acceptors (Lipinski definition) is 3. The van der Waals surface area contributed by atoms with E-state index in [1.54, 1.807) is 22.9 Å². The van der Waals surface area contributed by atoms with Crippen LogP contribution in [0.15, 0.2) is 48.7 Å². The fourth-order valence-corrected chi connectivity index (χ4v) is 4.24. The minimum atomic E-state index is -0.323. The number of amides is 1. The van der Waals surface area contributed by atoms with E-state index in [0.717, 1.165) is 25.2 Å². The molecule has 1 aliphatic rings. The minimum Gasteiger partial charge on any atom is -0.351 e. The molecule has 1 fully saturated rings. The monoisotopic (exact) mass is 423 g/mol. The second-order valence-electron chi connectivity index (χ2n) is 8.30. The molecule has 0 radical (unpaired) electrons. The number of aromatic nitrogens is 3. The predicted molar refractivity (Wildman–Crippen MR) is 120 cm³/mol. The van der Waals surface area contributed by atoms with E-state index in [-0.39, 0.29) is 11.7 Å². The topological polar surface area (TPSA) is 55.1 Å². The van der Waals surface area contributed by atoms with Crippen LogP contribution in [0.2, 0.25) is 0 Å². The zero-order valence-corrected chi connectivity index (χ0v) is 18.2. The highest BCUT2D eigenvalue weighted by Gasteiger charge is 2.20. The van der Waals surface area contributed by atoms with Gasteiger partial charge in [0.15, 0.2) is 0 Å². The maximum absolute atomic E-state index is 13.4. The van der Waals surface area contributed by atoms with Gasteiger partial charge in [0, 0.05) is 32.4 Å². The molecular formula is C24H30FN5O. The highest BCUT2D eigenvalue weighted by molar-refractivity contribution is 5.94. The Bertz CT molecular complexity index is 1020. The van der Waals surface area contributed by atoms with Gasteiger partial charge in [0.25, 0.3) is 5.91 Å². The number of halogens is 1. The Labute approximate surface area is 182 Å². The molecule has 3 heterocycles. The van der Waals surface area contributed by atoms with Crippen molar-refractivity contribution in [2.75, 3.05) is 19.6 Å². The summed E-state index contributed by atoms with van der Waals surface area (Å²) in [6.07, 6.45) is 6.67. The summed E-state index contributed by atoms with van der Waals surface area (Å²) in [6.45, 7) is 5.03. The van der Waals surface area contributed by atoms with Crippen molar-refractivity contribution in [3.63, 3.8) is 0 Å². The Morgan fingerprint density at radius 2 is 2.03 bits per heavy atom. The number of carbonyl (C=O) groups excluding carboxylic acids is 1. The van der Waals surface area contributed by atoms with Crippen molar-refractivity contribution in [1.82, 2.24) is 24.6 Å². The molecule has 0 bridgehead atoms. The number of rotatable bonds is 7. The van der Waals surface area contributed by atoms with Gasteiger partial charge in [-0.3, -0.25) is 4.79 Å². The van der Waals surface area contributed by atoms with Crippen LogP contribution < -0.4 is 5.32 Å².